The minimum atomic E-state index is -0.177. The van der Waals surface area contributed by atoms with E-state index in [4.69, 9.17) is 4.74 Å². The summed E-state index contributed by atoms with van der Waals surface area (Å²) in [7, 11) is 0. The number of hydrogen-bond acceptors (Lipinski definition) is 4. The molecular weight excluding hydrogens is 295 g/mol. The molecule has 6 heteroatoms. The van der Waals surface area contributed by atoms with Crippen molar-refractivity contribution < 1.29 is 9.13 Å². The predicted octanol–water partition coefficient (Wildman–Crippen LogP) is 2.14. The van der Waals surface area contributed by atoms with Gasteiger partial charge in [0.25, 0.3) is 0 Å². The Morgan fingerprint density at radius 3 is 2.91 bits per heavy atom. The quantitative estimate of drug-likeness (QED) is 0.887. The molecule has 5 nitrogen and oxygen atoms in total. The second-order valence-corrected chi connectivity index (χ2v) is 6.30. The molecule has 0 aliphatic carbocycles. The van der Waals surface area contributed by atoms with Crippen LogP contribution in [0.4, 0.5) is 4.39 Å². The lowest BCUT2D eigenvalue weighted by Crippen LogP contribution is -2.46. The topological polar surface area (TPSA) is 52.0 Å². The molecule has 0 spiro atoms. The van der Waals surface area contributed by atoms with Gasteiger partial charge in [-0.15, -0.1) is 0 Å². The molecule has 2 heterocycles. The van der Waals surface area contributed by atoms with Gasteiger partial charge in [0.15, 0.2) is 0 Å². The Balaban J connectivity index is 1.69. The number of aromatic nitrogens is 3. The van der Waals surface area contributed by atoms with Gasteiger partial charge in [-0.25, -0.2) is 9.37 Å². The van der Waals surface area contributed by atoms with Crippen LogP contribution in [0.1, 0.15) is 25.3 Å². The fourth-order valence-corrected chi connectivity index (χ4v) is 3.19. The molecular formula is C17H23FN4O. The first-order chi connectivity index (χ1) is 11.2. The molecule has 1 unspecified atom stereocenters. The van der Waals surface area contributed by atoms with Gasteiger partial charge >= 0.3 is 0 Å². The van der Waals surface area contributed by atoms with Crippen molar-refractivity contribution in [3.8, 4) is 0 Å². The van der Waals surface area contributed by atoms with E-state index in [0.29, 0.717) is 0 Å². The maximum atomic E-state index is 13.7. The van der Waals surface area contributed by atoms with E-state index < -0.39 is 0 Å². The fourth-order valence-electron chi connectivity index (χ4n) is 3.19. The number of nitrogens with zero attached hydrogens (tertiary/aromatic N) is 3. The molecule has 0 saturated carbocycles. The van der Waals surface area contributed by atoms with Gasteiger partial charge < -0.3 is 10.1 Å². The molecule has 1 aromatic heterocycles. The lowest BCUT2D eigenvalue weighted by molar-refractivity contribution is 0.0487. The summed E-state index contributed by atoms with van der Waals surface area (Å²) >= 11 is 0. The van der Waals surface area contributed by atoms with E-state index in [2.05, 4.69) is 22.3 Å². The fraction of sp³-hybridized carbons (Fsp3) is 0.529. The van der Waals surface area contributed by atoms with Gasteiger partial charge in [0.05, 0.1) is 6.54 Å². The van der Waals surface area contributed by atoms with Crippen molar-refractivity contribution in [2.75, 3.05) is 19.8 Å². The van der Waals surface area contributed by atoms with Gasteiger partial charge in [-0.05, 0) is 37.5 Å². The molecule has 0 amide bonds. The first kappa shape index (κ1) is 16.1. The van der Waals surface area contributed by atoms with E-state index in [1.807, 2.05) is 10.7 Å². The van der Waals surface area contributed by atoms with Crippen LogP contribution in [0.15, 0.2) is 36.9 Å². The largest absolute Gasteiger partial charge is 0.381 e. The lowest BCUT2D eigenvalue weighted by Gasteiger charge is -2.39. The van der Waals surface area contributed by atoms with E-state index in [9.17, 15) is 4.39 Å². The van der Waals surface area contributed by atoms with Crippen LogP contribution < -0.4 is 5.32 Å². The molecule has 1 aliphatic heterocycles. The number of nitrogens with one attached hydrogen (secondary N) is 1. The molecule has 3 rings (SSSR count). The molecule has 1 aliphatic rings. The number of ether oxygens (including phenoxy) is 1. The van der Waals surface area contributed by atoms with Gasteiger partial charge in [-0.1, -0.05) is 12.1 Å². The summed E-state index contributed by atoms with van der Waals surface area (Å²) in [5.74, 6) is -0.177. The number of benzene rings is 1. The Kier molecular flexibility index (Phi) is 5.03. The molecule has 23 heavy (non-hydrogen) atoms. The second kappa shape index (κ2) is 7.19. The summed E-state index contributed by atoms with van der Waals surface area (Å²) in [5, 5.41) is 7.72. The zero-order valence-electron chi connectivity index (χ0n) is 13.4. The molecule has 1 N–H and O–H groups in total. The minimum Gasteiger partial charge on any atom is -0.381 e. The van der Waals surface area contributed by atoms with Gasteiger partial charge in [0.2, 0.25) is 0 Å². The molecule has 0 radical (unpaired) electrons. The SMILES string of the molecule is CC(Cn1cncn1)NCC1(c2cccc(F)c2)CCOCC1. The predicted molar refractivity (Wildman–Crippen MR) is 85.6 cm³/mol. The summed E-state index contributed by atoms with van der Waals surface area (Å²) < 4.78 is 21.0. The summed E-state index contributed by atoms with van der Waals surface area (Å²) in [5.41, 5.74) is 0.984. The van der Waals surface area contributed by atoms with Crippen molar-refractivity contribution in [3.63, 3.8) is 0 Å². The van der Waals surface area contributed by atoms with Crippen LogP contribution in [0, 0.1) is 5.82 Å². The van der Waals surface area contributed by atoms with Crippen molar-refractivity contribution in [1.29, 1.82) is 0 Å². The maximum absolute atomic E-state index is 13.7. The van der Waals surface area contributed by atoms with Crippen molar-refractivity contribution in [3.05, 3.63) is 48.3 Å². The zero-order valence-corrected chi connectivity index (χ0v) is 13.4. The maximum Gasteiger partial charge on any atom is 0.137 e. The van der Waals surface area contributed by atoms with Crippen LogP contribution in [0.2, 0.25) is 0 Å². The Hall–Kier alpha value is -1.79. The van der Waals surface area contributed by atoms with Crippen molar-refractivity contribution in [2.45, 2.75) is 37.8 Å². The molecule has 2 aromatic rings. The molecule has 1 fully saturated rings. The number of halogens is 1. The lowest BCUT2D eigenvalue weighted by atomic mass is 9.74. The number of hydrogen-bond donors (Lipinski definition) is 1. The zero-order chi connectivity index (χ0) is 16.1. The van der Waals surface area contributed by atoms with E-state index in [1.165, 1.54) is 6.07 Å². The average molecular weight is 318 g/mol. The molecule has 1 atom stereocenters. The Bertz CT molecular complexity index is 611. The highest BCUT2D eigenvalue weighted by Gasteiger charge is 2.34. The summed E-state index contributed by atoms with van der Waals surface area (Å²) in [6.45, 7) is 5.12. The van der Waals surface area contributed by atoms with Crippen LogP contribution in [0.3, 0.4) is 0 Å². The van der Waals surface area contributed by atoms with Crippen LogP contribution in [-0.2, 0) is 16.7 Å². The summed E-state index contributed by atoms with van der Waals surface area (Å²) in [6.07, 6.45) is 5.06. The first-order valence-corrected chi connectivity index (χ1v) is 8.08. The van der Waals surface area contributed by atoms with Crippen molar-refractivity contribution in [1.82, 2.24) is 20.1 Å². The summed E-state index contributed by atoms with van der Waals surface area (Å²) in [4.78, 5) is 3.96. The van der Waals surface area contributed by atoms with Crippen LogP contribution in [0.25, 0.3) is 0 Å². The smallest absolute Gasteiger partial charge is 0.137 e. The van der Waals surface area contributed by atoms with E-state index in [-0.39, 0.29) is 17.3 Å². The van der Waals surface area contributed by atoms with E-state index in [0.717, 1.165) is 44.7 Å². The average Bonchev–Trinajstić information content (AvgIpc) is 3.07. The van der Waals surface area contributed by atoms with Crippen LogP contribution >= 0.6 is 0 Å². The highest BCUT2D eigenvalue weighted by Crippen LogP contribution is 2.34. The Labute approximate surface area is 135 Å². The van der Waals surface area contributed by atoms with E-state index in [1.54, 1.807) is 24.8 Å². The Morgan fingerprint density at radius 2 is 2.22 bits per heavy atom. The molecule has 124 valence electrons. The highest BCUT2D eigenvalue weighted by molar-refractivity contribution is 5.27. The van der Waals surface area contributed by atoms with Crippen LogP contribution in [-0.4, -0.2) is 40.6 Å². The molecule has 1 saturated heterocycles. The molecule has 0 bridgehead atoms. The number of rotatable bonds is 6. The van der Waals surface area contributed by atoms with Crippen molar-refractivity contribution >= 4 is 0 Å². The molecule has 1 aromatic carbocycles. The third kappa shape index (κ3) is 3.95. The third-order valence-electron chi connectivity index (χ3n) is 4.60. The normalized spacial score (nSPS) is 18.7. The Morgan fingerprint density at radius 1 is 1.39 bits per heavy atom. The third-order valence-corrected chi connectivity index (χ3v) is 4.60. The van der Waals surface area contributed by atoms with Gasteiger partial charge in [0.1, 0.15) is 18.5 Å². The van der Waals surface area contributed by atoms with Gasteiger partial charge in [0, 0.05) is 31.2 Å². The summed E-state index contributed by atoms with van der Waals surface area (Å²) in [6, 6.07) is 7.23. The second-order valence-electron chi connectivity index (χ2n) is 6.30. The van der Waals surface area contributed by atoms with Gasteiger partial charge in [-0.2, -0.15) is 5.10 Å². The highest BCUT2D eigenvalue weighted by atomic mass is 19.1. The first-order valence-electron chi connectivity index (χ1n) is 8.08. The van der Waals surface area contributed by atoms with Crippen LogP contribution in [0.5, 0.6) is 0 Å². The van der Waals surface area contributed by atoms with Gasteiger partial charge in [-0.3, -0.25) is 4.68 Å². The monoisotopic (exact) mass is 318 g/mol. The van der Waals surface area contributed by atoms with Crippen molar-refractivity contribution in [2.24, 2.45) is 0 Å². The standard InChI is InChI=1S/C17H23FN4O/c1-14(10-22-13-19-12-21-22)20-11-17(5-7-23-8-6-17)15-3-2-4-16(18)9-15/h2-4,9,12-14,20H,5-8,10-11H2,1H3. The minimum absolute atomic E-state index is 0.0724. The van der Waals surface area contributed by atoms with E-state index >= 15 is 0 Å².